The van der Waals surface area contributed by atoms with Gasteiger partial charge in [-0.2, -0.15) is 8.42 Å². The van der Waals surface area contributed by atoms with Gasteiger partial charge in [0.1, 0.15) is 16.4 Å². The van der Waals surface area contributed by atoms with Crippen molar-refractivity contribution in [3.05, 3.63) is 54.1 Å². The highest BCUT2D eigenvalue weighted by Gasteiger charge is 2.20. The standard InChI is InChI=1S/C14H12O5S/c1-18-12-6-8-13(9-7-12)19-20(16,17)14-5-3-2-4-11(14)10-15/h2-10H,1H3. The number of carbonyl (C=O) groups is 1. The molecule has 2 aromatic rings. The highest BCUT2D eigenvalue weighted by molar-refractivity contribution is 7.87. The van der Waals surface area contributed by atoms with E-state index < -0.39 is 10.1 Å². The Balaban J connectivity index is 2.33. The molecule has 0 saturated heterocycles. The van der Waals surface area contributed by atoms with Crippen LogP contribution in [0.5, 0.6) is 11.5 Å². The van der Waals surface area contributed by atoms with Gasteiger partial charge in [0.05, 0.1) is 7.11 Å². The van der Waals surface area contributed by atoms with Crippen LogP contribution < -0.4 is 8.92 Å². The van der Waals surface area contributed by atoms with Gasteiger partial charge in [-0.15, -0.1) is 0 Å². The summed E-state index contributed by atoms with van der Waals surface area (Å²) < 4.78 is 34.2. The zero-order valence-corrected chi connectivity index (χ0v) is 11.5. The second kappa shape index (κ2) is 5.75. The van der Waals surface area contributed by atoms with Crippen LogP contribution in [0.4, 0.5) is 0 Å². The Bertz CT molecular complexity index is 705. The van der Waals surface area contributed by atoms with Crippen LogP contribution in [0, 0.1) is 0 Å². The van der Waals surface area contributed by atoms with Gasteiger partial charge in [-0.25, -0.2) is 0 Å². The summed E-state index contributed by atoms with van der Waals surface area (Å²) in [6.45, 7) is 0. The minimum absolute atomic E-state index is 0.0565. The monoisotopic (exact) mass is 292 g/mol. The number of ether oxygens (including phenoxy) is 1. The van der Waals surface area contributed by atoms with E-state index in [1.165, 1.54) is 37.4 Å². The maximum Gasteiger partial charge on any atom is 0.339 e. The lowest BCUT2D eigenvalue weighted by atomic mass is 10.2. The van der Waals surface area contributed by atoms with Crippen LogP contribution in [0.1, 0.15) is 10.4 Å². The lowest BCUT2D eigenvalue weighted by molar-refractivity contribution is 0.112. The Morgan fingerprint density at radius 1 is 0.950 bits per heavy atom. The van der Waals surface area contributed by atoms with E-state index in [2.05, 4.69) is 0 Å². The highest BCUT2D eigenvalue weighted by Crippen LogP contribution is 2.22. The van der Waals surface area contributed by atoms with Crippen molar-refractivity contribution in [2.75, 3.05) is 7.11 Å². The molecule has 0 spiro atoms. The topological polar surface area (TPSA) is 69.7 Å². The molecular weight excluding hydrogens is 280 g/mol. The second-order valence-corrected chi connectivity index (χ2v) is 5.38. The zero-order chi connectivity index (χ0) is 14.6. The van der Waals surface area contributed by atoms with Crippen molar-refractivity contribution in [1.82, 2.24) is 0 Å². The Morgan fingerprint density at radius 2 is 1.55 bits per heavy atom. The lowest BCUT2D eigenvalue weighted by Gasteiger charge is -2.09. The summed E-state index contributed by atoms with van der Waals surface area (Å²) in [5, 5.41) is 0. The van der Waals surface area contributed by atoms with E-state index >= 15 is 0 Å². The number of rotatable bonds is 5. The molecule has 0 amide bonds. The van der Waals surface area contributed by atoms with Crippen LogP contribution >= 0.6 is 0 Å². The Morgan fingerprint density at radius 3 is 2.15 bits per heavy atom. The first kappa shape index (κ1) is 14.1. The summed E-state index contributed by atoms with van der Waals surface area (Å²) in [5.74, 6) is 0.731. The van der Waals surface area contributed by atoms with Crippen molar-refractivity contribution in [3.8, 4) is 11.5 Å². The van der Waals surface area contributed by atoms with Crippen LogP contribution in [0.2, 0.25) is 0 Å². The fourth-order valence-corrected chi connectivity index (χ4v) is 2.71. The van der Waals surface area contributed by atoms with E-state index in [9.17, 15) is 13.2 Å². The maximum absolute atomic E-state index is 12.1. The summed E-state index contributed by atoms with van der Waals surface area (Å²) in [7, 11) is -2.54. The first-order valence-electron chi connectivity index (χ1n) is 5.69. The first-order valence-corrected chi connectivity index (χ1v) is 7.10. The van der Waals surface area contributed by atoms with Crippen LogP contribution in [0.15, 0.2) is 53.4 Å². The summed E-state index contributed by atoms with van der Waals surface area (Å²) in [4.78, 5) is 10.7. The minimum atomic E-state index is -4.05. The molecule has 0 atom stereocenters. The van der Waals surface area contributed by atoms with Crippen molar-refractivity contribution >= 4 is 16.4 Å². The van der Waals surface area contributed by atoms with Crippen LogP contribution in [0.3, 0.4) is 0 Å². The summed E-state index contributed by atoms with van der Waals surface area (Å²) in [6, 6.07) is 11.9. The number of carbonyl (C=O) groups excluding carboxylic acids is 1. The molecule has 2 rings (SSSR count). The Hall–Kier alpha value is -2.34. The predicted octanol–water partition coefficient (Wildman–Crippen LogP) is 2.28. The second-order valence-electron chi connectivity index (χ2n) is 3.87. The van der Waals surface area contributed by atoms with Gasteiger partial charge in [-0.05, 0) is 30.3 Å². The molecule has 0 unspecified atom stereocenters. The normalized spacial score (nSPS) is 10.8. The fourth-order valence-electron chi connectivity index (χ4n) is 1.61. The highest BCUT2D eigenvalue weighted by atomic mass is 32.2. The van der Waals surface area contributed by atoms with E-state index in [-0.39, 0.29) is 16.2 Å². The van der Waals surface area contributed by atoms with Gasteiger partial charge < -0.3 is 8.92 Å². The molecule has 0 N–H and O–H groups in total. The van der Waals surface area contributed by atoms with E-state index in [0.717, 1.165) is 0 Å². The third-order valence-corrected chi connectivity index (χ3v) is 3.90. The SMILES string of the molecule is COc1ccc(OS(=O)(=O)c2ccccc2C=O)cc1. The number of hydrogen-bond acceptors (Lipinski definition) is 5. The third-order valence-electron chi connectivity index (χ3n) is 2.58. The third kappa shape index (κ3) is 2.97. The minimum Gasteiger partial charge on any atom is -0.497 e. The van der Waals surface area contributed by atoms with E-state index in [0.29, 0.717) is 12.0 Å². The molecule has 20 heavy (non-hydrogen) atoms. The molecule has 0 fully saturated rings. The average Bonchev–Trinajstić information content (AvgIpc) is 2.47. The van der Waals surface area contributed by atoms with E-state index in [4.69, 9.17) is 8.92 Å². The van der Waals surface area contributed by atoms with Gasteiger partial charge in [0.25, 0.3) is 0 Å². The zero-order valence-electron chi connectivity index (χ0n) is 10.6. The Kier molecular flexibility index (Phi) is 4.05. The van der Waals surface area contributed by atoms with Crippen molar-refractivity contribution in [2.24, 2.45) is 0 Å². The van der Waals surface area contributed by atoms with Gasteiger partial charge in [-0.3, -0.25) is 4.79 Å². The summed E-state index contributed by atoms with van der Waals surface area (Å²) in [5.41, 5.74) is 0.0565. The van der Waals surface area contributed by atoms with Crippen molar-refractivity contribution < 1.29 is 22.1 Å². The molecule has 2 aromatic carbocycles. The number of hydrogen-bond donors (Lipinski definition) is 0. The fraction of sp³-hybridized carbons (Fsp3) is 0.0714. The van der Waals surface area contributed by atoms with Crippen molar-refractivity contribution in [1.29, 1.82) is 0 Å². The van der Waals surface area contributed by atoms with Gasteiger partial charge in [0.2, 0.25) is 0 Å². The number of benzene rings is 2. The smallest absolute Gasteiger partial charge is 0.339 e. The van der Waals surface area contributed by atoms with Gasteiger partial charge in [0, 0.05) is 5.56 Å². The molecule has 0 heterocycles. The molecule has 0 saturated carbocycles. The lowest BCUT2D eigenvalue weighted by Crippen LogP contribution is -2.12. The van der Waals surface area contributed by atoms with Crippen molar-refractivity contribution in [3.63, 3.8) is 0 Å². The van der Waals surface area contributed by atoms with Crippen LogP contribution in [0.25, 0.3) is 0 Å². The van der Waals surface area contributed by atoms with Crippen LogP contribution in [-0.2, 0) is 10.1 Å². The largest absolute Gasteiger partial charge is 0.497 e. The molecule has 0 aliphatic carbocycles. The first-order chi connectivity index (χ1) is 9.56. The number of aldehydes is 1. The van der Waals surface area contributed by atoms with Gasteiger partial charge >= 0.3 is 10.1 Å². The molecule has 0 bridgehead atoms. The van der Waals surface area contributed by atoms with Crippen molar-refractivity contribution in [2.45, 2.75) is 4.90 Å². The summed E-state index contributed by atoms with van der Waals surface area (Å²) in [6.07, 6.45) is 0.476. The predicted molar refractivity (Wildman–Crippen MR) is 72.6 cm³/mol. The average molecular weight is 292 g/mol. The molecule has 0 aliphatic rings. The molecule has 5 nitrogen and oxygen atoms in total. The van der Waals surface area contributed by atoms with Gasteiger partial charge in [-0.1, -0.05) is 18.2 Å². The molecule has 0 radical (unpaired) electrons. The molecular formula is C14H12O5S. The molecule has 6 heteroatoms. The Labute approximate surface area is 116 Å². The molecule has 104 valence electrons. The number of methoxy groups -OCH3 is 1. The molecule has 0 aromatic heterocycles. The summed E-state index contributed by atoms with van der Waals surface area (Å²) >= 11 is 0. The van der Waals surface area contributed by atoms with Gasteiger partial charge in [0.15, 0.2) is 6.29 Å². The van der Waals surface area contributed by atoms with E-state index in [1.54, 1.807) is 18.2 Å². The maximum atomic E-state index is 12.1. The van der Waals surface area contributed by atoms with E-state index in [1.807, 2.05) is 0 Å². The quantitative estimate of drug-likeness (QED) is 0.624. The molecule has 0 aliphatic heterocycles. The van der Waals surface area contributed by atoms with Crippen LogP contribution in [-0.4, -0.2) is 21.8 Å².